The average molecular weight is 693 g/mol. The molecule has 2 amide bonds. The quantitative estimate of drug-likeness (QED) is 0.155. The van der Waals surface area contributed by atoms with E-state index in [4.69, 9.17) is 24.0 Å². The highest BCUT2D eigenvalue weighted by Gasteiger charge is 2.33. The molecule has 5 aromatic rings. The highest BCUT2D eigenvalue weighted by atomic mass is 32.2. The van der Waals surface area contributed by atoms with Crippen molar-refractivity contribution in [2.24, 2.45) is 5.10 Å². The lowest BCUT2D eigenvalue weighted by molar-refractivity contribution is -0.130. The van der Waals surface area contributed by atoms with Gasteiger partial charge in [0, 0.05) is 12.0 Å². The fourth-order valence-corrected chi connectivity index (χ4v) is 6.38. The zero-order valence-electron chi connectivity index (χ0n) is 28.0. The largest absolute Gasteiger partial charge is 0.497 e. The number of benzene rings is 4. The van der Waals surface area contributed by atoms with Gasteiger partial charge in [0.05, 0.1) is 58.2 Å². The lowest BCUT2D eigenvalue weighted by atomic mass is 9.98. The topological polar surface area (TPSA) is 129 Å². The molecule has 13 heteroatoms. The second-order valence-corrected chi connectivity index (χ2v) is 12.1. The zero-order valence-corrected chi connectivity index (χ0v) is 28.8. The van der Waals surface area contributed by atoms with Gasteiger partial charge in [-0.3, -0.25) is 14.2 Å². The third-order valence-electron chi connectivity index (χ3n) is 8.18. The van der Waals surface area contributed by atoms with E-state index in [2.05, 4.69) is 15.5 Å². The van der Waals surface area contributed by atoms with Crippen molar-refractivity contribution in [3.8, 4) is 28.7 Å². The summed E-state index contributed by atoms with van der Waals surface area (Å²) in [5.74, 6) is 2.59. The summed E-state index contributed by atoms with van der Waals surface area (Å²) >= 11 is 1.23. The van der Waals surface area contributed by atoms with Gasteiger partial charge < -0.3 is 24.3 Å². The normalized spacial score (nSPS) is 13.8. The molecule has 2 heterocycles. The summed E-state index contributed by atoms with van der Waals surface area (Å²) in [6, 6.07) is 29.3. The molecular formula is C37H36N6O6S. The molecule has 0 spiro atoms. The van der Waals surface area contributed by atoms with Gasteiger partial charge in [0.1, 0.15) is 23.0 Å². The van der Waals surface area contributed by atoms with Crippen LogP contribution in [0, 0.1) is 0 Å². The molecule has 4 aromatic carbocycles. The molecule has 1 unspecified atom stereocenters. The van der Waals surface area contributed by atoms with E-state index in [1.165, 1.54) is 11.8 Å². The van der Waals surface area contributed by atoms with Crippen LogP contribution in [0.2, 0.25) is 0 Å². The van der Waals surface area contributed by atoms with Crippen molar-refractivity contribution in [2.45, 2.75) is 24.2 Å². The Kier molecular flexibility index (Phi) is 10.6. The Bertz CT molecular complexity index is 2000. The lowest BCUT2D eigenvalue weighted by Gasteiger charge is -2.22. The van der Waals surface area contributed by atoms with E-state index in [9.17, 15) is 9.59 Å². The van der Waals surface area contributed by atoms with Crippen molar-refractivity contribution in [1.29, 1.82) is 0 Å². The Hall–Kier alpha value is -5.82. The van der Waals surface area contributed by atoms with Gasteiger partial charge in [-0.2, -0.15) is 5.10 Å². The molecule has 1 aliphatic heterocycles. The Balaban J connectivity index is 1.26. The lowest BCUT2D eigenvalue weighted by Crippen LogP contribution is -2.28. The van der Waals surface area contributed by atoms with Crippen LogP contribution in [0.25, 0.3) is 5.69 Å². The van der Waals surface area contributed by atoms with Gasteiger partial charge in [-0.15, -0.1) is 10.2 Å². The predicted octanol–water partition coefficient (Wildman–Crippen LogP) is 5.70. The monoisotopic (exact) mass is 692 g/mol. The summed E-state index contributed by atoms with van der Waals surface area (Å²) in [5, 5.41) is 18.6. The minimum absolute atomic E-state index is 0.0233. The van der Waals surface area contributed by atoms with E-state index in [1.807, 2.05) is 72.8 Å². The maximum atomic E-state index is 14.0. The van der Waals surface area contributed by atoms with Gasteiger partial charge in [-0.05, 0) is 77.9 Å². The highest BCUT2D eigenvalue weighted by Crippen LogP contribution is 2.35. The molecule has 50 heavy (non-hydrogen) atoms. The Morgan fingerprint density at radius 1 is 0.800 bits per heavy atom. The van der Waals surface area contributed by atoms with Crippen LogP contribution >= 0.6 is 11.8 Å². The highest BCUT2D eigenvalue weighted by molar-refractivity contribution is 7.99. The van der Waals surface area contributed by atoms with Crippen LogP contribution in [0.15, 0.2) is 107 Å². The molecule has 0 bridgehead atoms. The second kappa shape index (κ2) is 15.6. The number of para-hydroxylation sites is 2. The first-order valence-corrected chi connectivity index (χ1v) is 16.7. The number of methoxy groups -OCH3 is 4. The summed E-state index contributed by atoms with van der Waals surface area (Å²) in [4.78, 5) is 27.0. The molecule has 1 atom stereocenters. The number of nitrogens with zero attached hydrogens (tertiary/aromatic N) is 5. The number of aromatic nitrogens is 3. The third-order valence-corrected chi connectivity index (χ3v) is 9.09. The number of amides is 2. The number of carbonyl (C=O) groups excluding carboxylic acids is 2. The molecule has 0 saturated carbocycles. The number of nitrogens with one attached hydrogen (secondary N) is 1. The van der Waals surface area contributed by atoms with Crippen molar-refractivity contribution in [3.63, 3.8) is 0 Å². The molecule has 0 saturated heterocycles. The van der Waals surface area contributed by atoms with E-state index >= 15 is 0 Å². The molecule has 1 aliphatic rings. The van der Waals surface area contributed by atoms with Gasteiger partial charge in [0.15, 0.2) is 11.0 Å². The average Bonchev–Trinajstić information content (AvgIpc) is 3.81. The first-order chi connectivity index (χ1) is 24.4. The number of ether oxygens (including phenoxy) is 4. The van der Waals surface area contributed by atoms with Gasteiger partial charge in [-0.1, -0.05) is 42.1 Å². The van der Waals surface area contributed by atoms with E-state index < -0.39 is 0 Å². The van der Waals surface area contributed by atoms with E-state index in [-0.39, 0.29) is 30.2 Å². The number of hydrazone groups is 1. The predicted molar refractivity (Wildman–Crippen MR) is 190 cm³/mol. The number of hydrogen-bond donors (Lipinski definition) is 1. The zero-order chi connectivity index (χ0) is 35.0. The molecule has 1 aromatic heterocycles. The number of thioether (sulfide) groups is 1. The van der Waals surface area contributed by atoms with Crippen LogP contribution in [0.5, 0.6) is 23.0 Å². The summed E-state index contributed by atoms with van der Waals surface area (Å²) in [7, 11) is 6.36. The van der Waals surface area contributed by atoms with Gasteiger partial charge in [-0.25, -0.2) is 5.01 Å². The van der Waals surface area contributed by atoms with Crippen LogP contribution in [0.1, 0.15) is 39.8 Å². The second-order valence-electron chi connectivity index (χ2n) is 11.1. The van der Waals surface area contributed by atoms with Crippen molar-refractivity contribution in [2.75, 3.05) is 34.2 Å². The Morgan fingerprint density at radius 2 is 1.50 bits per heavy atom. The minimum Gasteiger partial charge on any atom is -0.497 e. The molecule has 0 radical (unpaired) electrons. The smallest absolute Gasteiger partial charge is 0.253 e. The van der Waals surface area contributed by atoms with Crippen LogP contribution in [-0.2, 0) is 11.3 Å². The van der Waals surface area contributed by atoms with Crippen LogP contribution in [0.4, 0.5) is 0 Å². The molecule has 256 valence electrons. The number of rotatable bonds is 13. The SMILES string of the molecule is COc1ccc(C2=NN(C(=O)CSc3nnc(CNC(=O)c4cccc(OC)c4)n3-c3ccccc3OC)C(c3ccc(OC)cc3)C2)cc1. The minimum atomic E-state index is -0.319. The first kappa shape index (κ1) is 34.1. The van der Waals surface area contributed by atoms with E-state index in [0.717, 1.165) is 28.3 Å². The third kappa shape index (κ3) is 7.42. The molecule has 6 rings (SSSR count). The van der Waals surface area contributed by atoms with Gasteiger partial charge in [0.25, 0.3) is 11.8 Å². The van der Waals surface area contributed by atoms with Crippen molar-refractivity contribution in [1.82, 2.24) is 25.1 Å². The number of hydrogen-bond acceptors (Lipinski definition) is 10. The standard InChI is InChI=1S/C37H36N6O6S/c1-46-27-16-12-24(13-17-27)30-21-32(25-14-18-28(47-2)19-15-25)43(41-30)35(44)23-50-37-40-39-34(42(37)31-10-5-6-11-33(31)49-4)22-38-36(45)26-8-7-9-29(20-26)48-3/h5-20,32H,21-23H2,1-4H3,(H,38,45). The molecule has 0 fully saturated rings. The van der Waals surface area contributed by atoms with E-state index in [1.54, 1.807) is 62.3 Å². The van der Waals surface area contributed by atoms with Crippen molar-refractivity contribution < 1.29 is 28.5 Å². The maximum Gasteiger partial charge on any atom is 0.253 e. The van der Waals surface area contributed by atoms with Crippen LogP contribution < -0.4 is 24.3 Å². The number of carbonyl (C=O) groups is 2. The Morgan fingerprint density at radius 3 is 2.20 bits per heavy atom. The van der Waals surface area contributed by atoms with Crippen molar-refractivity contribution in [3.05, 3.63) is 120 Å². The molecule has 12 nitrogen and oxygen atoms in total. The van der Waals surface area contributed by atoms with Crippen LogP contribution in [-0.4, -0.2) is 71.5 Å². The molecule has 0 aliphatic carbocycles. The van der Waals surface area contributed by atoms with Gasteiger partial charge in [0.2, 0.25) is 0 Å². The summed E-state index contributed by atoms with van der Waals surface area (Å²) in [6.07, 6.45) is 0.531. The fourth-order valence-electron chi connectivity index (χ4n) is 5.57. The summed E-state index contributed by atoms with van der Waals surface area (Å²) < 4.78 is 23.4. The summed E-state index contributed by atoms with van der Waals surface area (Å²) in [5.41, 5.74) is 3.74. The molecular weight excluding hydrogens is 657 g/mol. The van der Waals surface area contributed by atoms with Crippen molar-refractivity contribution >= 4 is 29.3 Å². The van der Waals surface area contributed by atoms with Gasteiger partial charge >= 0.3 is 0 Å². The van der Waals surface area contributed by atoms with Crippen LogP contribution in [0.3, 0.4) is 0 Å². The fraction of sp³-hybridized carbons (Fsp3) is 0.216. The van der Waals surface area contributed by atoms with E-state index in [0.29, 0.717) is 40.2 Å². The first-order valence-electron chi connectivity index (χ1n) is 15.7. The molecule has 1 N–H and O–H groups in total. The summed E-state index contributed by atoms with van der Waals surface area (Å²) in [6.45, 7) is 0.0663. The maximum absolute atomic E-state index is 14.0. The Labute approximate surface area is 294 Å².